The highest BCUT2D eigenvalue weighted by Gasteiger charge is 2.58. The molecule has 38 nitrogen and oxygen atoms in total. The Labute approximate surface area is 488 Å². The van der Waals surface area contributed by atoms with Crippen molar-refractivity contribution in [3.05, 3.63) is 0 Å². The van der Waals surface area contributed by atoms with E-state index in [1.165, 1.54) is 6.92 Å². The summed E-state index contributed by atoms with van der Waals surface area (Å²) in [5.41, 5.74) is 0. The Balaban J connectivity index is 1.19. The largest absolute Gasteiger partial charge is 0.394 e. The Morgan fingerprint density at radius 3 is 1.26 bits per heavy atom. The summed E-state index contributed by atoms with van der Waals surface area (Å²) in [4.78, 5) is 37.4. The standard InChI is InChI=1S/C48H81N3O35/c1-11-24(59)32(67)35(70)45(76-11)75-10-20-39(30(65)21(42(73)77-20)49-12(2)56)83-44-23(51-14(4)58)31(66)38(18(8-55)81-44)84-47-37(72)40(28(63)19(82-47)9-74-46-36(71)33(68)26(61)16(6-53)79-46)85-48-41(34(69)27(62)17(7-54)80-48)86-43-22(50-13(3)57)29(64)25(60)15(5-52)78-43/h11,15-48,52-55,59-73H,5-10H2,1-4H3,(H,49,56)(H,50,57)(H,51,58)/t11-,15+,16+,17+,18+,19+,20+,21+,22+,23+,24+,25+,26+,27+,28+,29+,30+,31+,32+,33-,34-,35-,36-,37-,38+,39+,40-,41-,42?,43-,44-,45+,46-,47-,48+/m0/s1. The van der Waals surface area contributed by atoms with Crippen LogP contribution in [0.3, 0.4) is 0 Å². The van der Waals surface area contributed by atoms with Gasteiger partial charge in [-0.2, -0.15) is 0 Å². The third-order valence-corrected chi connectivity index (χ3v) is 15.7. The third kappa shape index (κ3) is 15.5. The van der Waals surface area contributed by atoms with Crippen molar-refractivity contribution >= 4 is 17.7 Å². The quantitative estimate of drug-likeness (QED) is 0.0507. The van der Waals surface area contributed by atoms with E-state index >= 15 is 0 Å². The summed E-state index contributed by atoms with van der Waals surface area (Å²) >= 11 is 0. The maximum atomic E-state index is 12.9. The average molecular weight is 1260 g/mol. The molecule has 3 amide bonds. The lowest BCUT2D eigenvalue weighted by Crippen LogP contribution is -2.70. The first-order chi connectivity index (χ1) is 40.6. The molecule has 7 saturated heterocycles. The molecule has 0 saturated carbocycles. The fourth-order valence-electron chi connectivity index (χ4n) is 10.9. The van der Waals surface area contributed by atoms with Crippen LogP contribution >= 0.6 is 0 Å². The van der Waals surface area contributed by atoms with Gasteiger partial charge in [0.15, 0.2) is 44.0 Å². The van der Waals surface area contributed by atoms with E-state index in [1.807, 2.05) is 0 Å². The molecule has 86 heavy (non-hydrogen) atoms. The molecule has 0 spiro atoms. The van der Waals surface area contributed by atoms with Gasteiger partial charge in [0, 0.05) is 20.8 Å². The number of aliphatic hydroxyl groups is 19. The lowest BCUT2D eigenvalue weighted by Gasteiger charge is -2.51. The zero-order chi connectivity index (χ0) is 63.5. The van der Waals surface area contributed by atoms with E-state index < -0.39 is 272 Å². The van der Waals surface area contributed by atoms with Gasteiger partial charge in [0.25, 0.3) is 0 Å². The molecule has 0 aliphatic carbocycles. The minimum atomic E-state index is -2.39. The first-order valence-corrected chi connectivity index (χ1v) is 27.5. The van der Waals surface area contributed by atoms with Gasteiger partial charge in [-0.05, 0) is 6.92 Å². The molecule has 22 N–H and O–H groups in total. The topological polar surface area (TPSA) is 592 Å². The molecule has 7 aliphatic heterocycles. The highest BCUT2D eigenvalue weighted by atomic mass is 16.8. The minimum absolute atomic E-state index is 0.770. The predicted octanol–water partition coefficient (Wildman–Crippen LogP) is -14.8. The van der Waals surface area contributed by atoms with Crippen LogP contribution in [0.5, 0.6) is 0 Å². The van der Waals surface area contributed by atoms with Crippen LogP contribution in [0.15, 0.2) is 0 Å². The lowest BCUT2D eigenvalue weighted by molar-refractivity contribution is -0.394. The number of ether oxygens (including phenoxy) is 13. The monoisotopic (exact) mass is 1260 g/mol. The van der Waals surface area contributed by atoms with Crippen LogP contribution in [0.25, 0.3) is 0 Å². The zero-order valence-electron chi connectivity index (χ0n) is 46.5. The Kier molecular flexibility index (Phi) is 25.0. The highest BCUT2D eigenvalue weighted by Crippen LogP contribution is 2.37. The predicted molar refractivity (Wildman–Crippen MR) is 265 cm³/mol. The summed E-state index contributed by atoms with van der Waals surface area (Å²) in [7, 11) is 0. The summed E-state index contributed by atoms with van der Waals surface area (Å²) < 4.78 is 75.7. The van der Waals surface area contributed by atoms with Crippen LogP contribution in [0.4, 0.5) is 0 Å². The van der Waals surface area contributed by atoms with E-state index in [9.17, 15) is 111 Å². The molecule has 38 heteroatoms. The molecule has 1 unspecified atom stereocenters. The van der Waals surface area contributed by atoms with Crippen molar-refractivity contribution in [3.63, 3.8) is 0 Å². The molecule has 498 valence electrons. The fraction of sp³-hybridized carbons (Fsp3) is 0.938. The normalized spacial score (nSPS) is 49.4. The van der Waals surface area contributed by atoms with Crippen molar-refractivity contribution in [2.75, 3.05) is 39.6 Å². The minimum Gasteiger partial charge on any atom is -0.394 e. The van der Waals surface area contributed by atoms with Gasteiger partial charge in [-0.25, -0.2) is 0 Å². The Morgan fingerprint density at radius 1 is 0.326 bits per heavy atom. The zero-order valence-corrected chi connectivity index (χ0v) is 46.5. The van der Waals surface area contributed by atoms with Gasteiger partial charge in [-0.1, -0.05) is 0 Å². The summed E-state index contributed by atoms with van der Waals surface area (Å²) in [6, 6.07) is -5.23. The number of hydrogen-bond acceptors (Lipinski definition) is 35. The number of hydrogen-bond donors (Lipinski definition) is 22. The Morgan fingerprint density at radius 2 is 0.709 bits per heavy atom. The van der Waals surface area contributed by atoms with E-state index in [2.05, 4.69) is 16.0 Å². The molecule has 0 bridgehead atoms. The summed E-state index contributed by atoms with van der Waals surface area (Å²) in [6.07, 6.45) is -61.5. The second-order valence-corrected chi connectivity index (χ2v) is 21.8. The van der Waals surface area contributed by atoms with Gasteiger partial charge >= 0.3 is 0 Å². The third-order valence-electron chi connectivity index (χ3n) is 15.7. The van der Waals surface area contributed by atoms with Gasteiger partial charge in [0.05, 0.1) is 45.7 Å². The van der Waals surface area contributed by atoms with E-state index in [4.69, 9.17) is 61.6 Å². The number of carbonyl (C=O) groups excluding carboxylic acids is 3. The van der Waals surface area contributed by atoms with Gasteiger partial charge in [0.1, 0.15) is 165 Å². The number of rotatable bonds is 21. The Hall–Kier alpha value is -2.87. The summed E-state index contributed by atoms with van der Waals surface area (Å²) in [5, 5.41) is 214. The Bertz CT molecular complexity index is 2170. The lowest BCUT2D eigenvalue weighted by atomic mass is 9.93. The maximum absolute atomic E-state index is 12.9. The maximum Gasteiger partial charge on any atom is 0.217 e. The molecule has 7 heterocycles. The van der Waals surface area contributed by atoms with Crippen LogP contribution in [0.2, 0.25) is 0 Å². The molecule has 0 aromatic carbocycles. The second-order valence-electron chi connectivity index (χ2n) is 21.8. The molecule has 7 aliphatic rings. The van der Waals surface area contributed by atoms with E-state index in [0.717, 1.165) is 20.8 Å². The fourth-order valence-corrected chi connectivity index (χ4v) is 10.9. The van der Waals surface area contributed by atoms with Crippen molar-refractivity contribution in [2.45, 2.75) is 242 Å². The number of aliphatic hydroxyl groups excluding tert-OH is 19. The van der Waals surface area contributed by atoms with Crippen molar-refractivity contribution < 1.29 is 173 Å². The SMILES string of the molecule is CC(=O)N[C@H]1[C@H](O[C@H]2[C@H](O)[C@@H](NC(C)=O)C(O)O[C@@H]2CO[C@@H]2O[C@@H](C)[C@@H](O)[C@@H](O)[C@@H]2O)O[C@H](CO)[C@@H](O[C@@H]2O[C@H](CO[C@H]3O[C@H](CO)[C@@H](O)[C@H](O)[C@@H]3O)[C@@H](O)[C@H](O[C@H]3O[C@H](CO)[C@@H](O)[C@H](O)[C@@H]3O[C@@H]3O[C@H](CO)[C@@H](O)[C@H](O)[C@H]3NC(C)=O)[C@@H]2O)[C@@H]1O. The van der Waals surface area contributed by atoms with Crippen LogP contribution in [-0.4, -0.2) is 369 Å². The van der Waals surface area contributed by atoms with Crippen molar-refractivity contribution in [1.29, 1.82) is 0 Å². The molecule has 0 aromatic rings. The first-order valence-electron chi connectivity index (χ1n) is 27.5. The van der Waals surface area contributed by atoms with Crippen LogP contribution < -0.4 is 16.0 Å². The van der Waals surface area contributed by atoms with Gasteiger partial charge in [-0.15, -0.1) is 0 Å². The van der Waals surface area contributed by atoms with Gasteiger partial charge in [-0.3, -0.25) is 14.4 Å². The summed E-state index contributed by atoms with van der Waals surface area (Å²) in [6.45, 7) is -1.41. The average Bonchev–Trinajstić information content (AvgIpc) is 0.919. The van der Waals surface area contributed by atoms with Gasteiger partial charge in [0.2, 0.25) is 17.7 Å². The molecule has 7 rings (SSSR count). The van der Waals surface area contributed by atoms with E-state index in [0.29, 0.717) is 0 Å². The smallest absolute Gasteiger partial charge is 0.217 e. The highest BCUT2D eigenvalue weighted by molar-refractivity contribution is 5.74. The van der Waals surface area contributed by atoms with Crippen molar-refractivity contribution in [2.24, 2.45) is 0 Å². The van der Waals surface area contributed by atoms with Crippen molar-refractivity contribution in [1.82, 2.24) is 16.0 Å². The molecule has 0 radical (unpaired) electrons. The number of nitrogens with one attached hydrogen (secondary N) is 3. The molecule has 0 aromatic heterocycles. The van der Waals surface area contributed by atoms with Gasteiger partial charge < -0.3 is 175 Å². The molecular formula is C48H81N3O35. The first kappa shape index (κ1) is 70.6. The second kappa shape index (κ2) is 30.5. The summed E-state index contributed by atoms with van der Waals surface area (Å²) in [5.74, 6) is -2.49. The number of amides is 3. The van der Waals surface area contributed by atoms with Crippen LogP contribution in [0.1, 0.15) is 27.7 Å². The molecule has 7 fully saturated rings. The van der Waals surface area contributed by atoms with Crippen molar-refractivity contribution in [3.8, 4) is 0 Å². The van der Waals surface area contributed by atoms with Crippen LogP contribution in [0, 0.1) is 0 Å². The molecular weight excluding hydrogens is 1180 g/mol. The number of carbonyl (C=O) groups is 3. The van der Waals surface area contributed by atoms with Crippen LogP contribution in [-0.2, 0) is 76.0 Å². The molecule has 35 atom stereocenters. The van der Waals surface area contributed by atoms with E-state index in [-0.39, 0.29) is 0 Å². The van der Waals surface area contributed by atoms with E-state index in [1.54, 1.807) is 0 Å².